The molecule has 2 rings (SSSR count). The highest BCUT2D eigenvalue weighted by Gasteiger charge is 2.25. The fourth-order valence-corrected chi connectivity index (χ4v) is 2.75. The number of carbonyl (C=O) groups is 1. The van der Waals surface area contributed by atoms with Crippen LogP contribution in [-0.2, 0) is 0 Å². The van der Waals surface area contributed by atoms with Gasteiger partial charge in [0.1, 0.15) is 11.5 Å². The molecule has 0 N–H and O–H groups in total. The van der Waals surface area contributed by atoms with E-state index < -0.39 is 0 Å². The molecule has 0 unspecified atom stereocenters. The van der Waals surface area contributed by atoms with Crippen LogP contribution in [0, 0.1) is 5.92 Å². The van der Waals surface area contributed by atoms with Crippen LogP contribution in [0.1, 0.15) is 23.2 Å². The summed E-state index contributed by atoms with van der Waals surface area (Å²) in [6, 6.07) is 5.28. The number of rotatable bonds is 4. The monoisotopic (exact) mass is 297 g/mol. The number of alkyl halides is 1. The van der Waals surface area contributed by atoms with Gasteiger partial charge >= 0.3 is 0 Å². The third kappa shape index (κ3) is 3.18. The highest BCUT2D eigenvalue weighted by Crippen LogP contribution is 2.27. The maximum Gasteiger partial charge on any atom is 0.257 e. The summed E-state index contributed by atoms with van der Waals surface area (Å²) in [4.78, 5) is 14.5. The zero-order valence-corrected chi connectivity index (χ0v) is 12.7. The van der Waals surface area contributed by atoms with Crippen LogP contribution in [0.25, 0.3) is 0 Å². The van der Waals surface area contributed by atoms with Gasteiger partial charge in [0, 0.05) is 19.0 Å². The first-order valence-corrected chi connectivity index (χ1v) is 7.30. The highest BCUT2D eigenvalue weighted by atomic mass is 35.5. The number of amides is 1. The Labute approximate surface area is 124 Å². The van der Waals surface area contributed by atoms with Crippen molar-refractivity contribution in [3.63, 3.8) is 0 Å². The number of hydrogen-bond donors (Lipinski definition) is 0. The molecule has 5 heteroatoms. The number of ether oxygens (including phenoxy) is 2. The van der Waals surface area contributed by atoms with Gasteiger partial charge in [-0.2, -0.15) is 0 Å². The van der Waals surface area contributed by atoms with Crippen molar-refractivity contribution in [3.05, 3.63) is 23.8 Å². The number of piperidine rings is 1. The molecule has 0 radical (unpaired) electrons. The van der Waals surface area contributed by atoms with Gasteiger partial charge in [0.05, 0.1) is 19.8 Å². The summed E-state index contributed by atoms with van der Waals surface area (Å²) < 4.78 is 10.5. The molecule has 1 aliphatic rings. The summed E-state index contributed by atoms with van der Waals surface area (Å²) in [6.45, 7) is 1.49. The van der Waals surface area contributed by atoms with Gasteiger partial charge in [0.15, 0.2) is 0 Å². The van der Waals surface area contributed by atoms with Crippen molar-refractivity contribution >= 4 is 17.5 Å². The van der Waals surface area contributed by atoms with Gasteiger partial charge in [-0.05, 0) is 37.0 Å². The molecule has 0 bridgehead atoms. The molecule has 1 aliphatic heterocycles. The first-order chi connectivity index (χ1) is 9.69. The Balaban J connectivity index is 2.16. The number of halogens is 1. The van der Waals surface area contributed by atoms with Gasteiger partial charge in [-0.3, -0.25) is 4.79 Å². The third-order valence-electron chi connectivity index (χ3n) is 3.76. The second kappa shape index (κ2) is 6.84. The Morgan fingerprint density at radius 1 is 1.30 bits per heavy atom. The van der Waals surface area contributed by atoms with Crippen LogP contribution in [0.5, 0.6) is 11.5 Å². The molecule has 1 amide bonds. The second-order valence-electron chi connectivity index (χ2n) is 4.96. The maximum atomic E-state index is 12.6. The van der Waals surface area contributed by atoms with Gasteiger partial charge in [-0.15, -0.1) is 11.6 Å². The summed E-state index contributed by atoms with van der Waals surface area (Å²) in [7, 11) is 3.15. The Hall–Kier alpha value is -1.42. The van der Waals surface area contributed by atoms with Crippen molar-refractivity contribution < 1.29 is 14.3 Å². The number of methoxy groups -OCH3 is 2. The summed E-state index contributed by atoms with van der Waals surface area (Å²) >= 11 is 5.87. The van der Waals surface area contributed by atoms with E-state index in [9.17, 15) is 4.79 Å². The molecule has 0 spiro atoms. The fourth-order valence-electron chi connectivity index (χ4n) is 2.44. The molecule has 4 nitrogen and oxygen atoms in total. The first kappa shape index (κ1) is 15.0. The summed E-state index contributed by atoms with van der Waals surface area (Å²) in [5.41, 5.74) is 0.552. The average Bonchev–Trinajstić information content (AvgIpc) is 2.53. The van der Waals surface area contributed by atoms with Crippen LogP contribution in [0.15, 0.2) is 18.2 Å². The Morgan fingerprint density at radius 3 is 2.55 bits per heavy atom. The molecule has 1 fully saturated rings. The standard InChI is InChI=1S/C15H20ClNO3/c1-19-12-3-4-14(20-2)13(9-12)15(18)17-7-5-11(10-16)6-8-17/h3-4,9,11H,5-8,10H2,1-2H3. The van der Waals surface area contributed by atoms with Gasteiger partial charge in [-0.1, -0.05) is 0 Å². The predicted octanol–water partition coefficient (Wildman–Crippen LogP) is 2.79. The molecule has 1 saturated heterocycles. The van der Waals surface area contributed by atoms with E-state index in [0.717, 1.165) is 25.9 Å². The van der Waals surface area contributed by atoms with E-state index in [1.807, 2.05) is 4.90 Å². The lowest BCUT2D eigenvalue weighted by Gasteiger charge is -2.31. The highest BCUT2D eigenvalue weighted by molar-refractivity contribution is 6.18. The number of hydrogen-bond acceptors (Lipinski definition) is 3. The minimum atomic E-state index is -0.00577. The summed E-state index contributed by atoms with van der Waals surface area (Å²) in [5, 5.41) is 0. The largest absolute Gasteiger partial charge is 0.497 e. The lowest BCUT2D eigenvalue weighted by molar-refractivity contribution is 0.0694. The topological polar surface area (TPSA) is 38.8 Å². The van der Waals surface area contributed by atoms with Crippen LogP contribution in [0.2, 0.25) is 0 Å². The number of benzene rings is 1. The van der Waals surface area contributed by atoms with E-state index in [2.05, 4.69) is 0 Å². The Morgan fingerprint density at radius 2 is 2.00 bits per heavy atom. The lowest BCUT2D eigenvalue weighted by Crippen LogP contribution is -2.39. The predicted molar refractivity (Wildman–Crippen MR) is 78.9 cm³/mol. The molecule has 0 aromatic heterocycles. The molecule has 1 heterocycles. The molecule has 0 atom stereocenters. The third-order valence-corrected chi connectivity index (χ3v) is 4.19. The normalized spacial score (nSPS) is 16.1. The maximum absolute atomic E-state index is 12.6. The number of nitrogens with zero attached hydrogens (tertiary/aromatic N) is 1. The smallest absolute Gasteiger partial charge is 0.257 e. The second-order valence-corrected chi connectivity index (χ2v) is 5.26. The minimum absolute atomic E-state index is 0.00577. The number of carbonyl (C=O) groups excluding carboxylic acids is 1. The fraction of sp³-hybridized carbons (Fsp3) is 0.533. The zero-order valence-electron chi connectivity index (χ0n) is 11.9. The van der Waals surface area contributed by atoms with Gasteiger partial charge in [0.2, 0.25) is 0 Å². The molecule has 1 aromatic carbocycles. The number of likely N-dealkylation sites (tertiary alicyclic amines) is 1. The van der Waals surface area contributed by atoms with Gasteiger partial charge in [0.25, 0.3) is 5.91 Å². The van der Waals surface area contributed by atoms with E-state index in [0.29, 0.717) is 28.9 Å². The van der Waals surface area contributed by atoms with Crippen LogP contribution < -0.4 is 9.47 Å². The van der Waals surface area contributed by atoms with Crippen LogP contribution >= 0.6 is 11.6 Å². The molecule has 0 aliphatic carbocycles. The van der Waals surface area contributed by atoms with E-state index in [1.165, 1.54) is 0 Å². The van der Waals surface area contributed by atoms with Crippen molar-refractivity contribution in [2.75, 3.05) is 33.2 Å². The molecule has 0 saturated carbocycles. The van der Waals surface area contributed by atoms with Crippen molar-refractivity contribution in [2.45, 2.75) is 12.8 Å². The van der Waals surface area contributed by atoms with Crippen molar-refractivity contribution in [3.8, 4) is 11.5 Å². The first-order valence-electron chi connectivity index (χ1n) is 6.76. The van der Waals surface area contributed by atoms with Crippen LogP contribution in [0.3, 0.4) is 0 Å². The van der Waals surface area contributed by atoms with Crippen LogP contribution in [-0.4, -0.2) is 44.0 Å². The molecule has 20 heavy (non-hydrogen) atoms. The summed E-state index contributed by atoms with van der Waals surface area (Å²) in [6.07, 6.45) is 1.92. The van der Waals surface area contributed by atoms with Crippen LogP contribution in [0.4, 0.5) is 0 Å². The molecule has 1 aromatic rings. The minimum Gasteiger partial charge on any atom is -0.497 e. The molecular weight excluding hydrogens is 278 g/mol. The summed E-state index contributed by atoms with van der Waals surface area (Å²) in [5.74, 6) is 2.42. The van der Waals surface area contributed by atoms with E-state index in [1.54, 1.807) is 32.4 Å². The van der Waals surface area contributed by atoms with E-state index >= 15 is 0 Å². The lowest BCUT2D eigenvalue weighted by atomic mass is 9.98. The molecule has 110 valence electrons. The van der Waals surface area contributed by atoms with Gasteiger partial charge < -0.3 is 14.4 Å². The SMILES string of the molecule is COc1ccc(OC)c(C(=O)N2CCC(CCl)CC2)c1. The Bertz CT molecular complexity index is 470. The zero-order chi connectivity index (χ0) is 14.5. The van der Waals surface area contributed by atoms with E-state index in [-0.39, 0.29) is 5.91 Å². The Kier molecular flexibility index (Phi) is 5.12. The van der Waals surface area contributed by atoms with Crippen molar-refractivity contribution in [2.24, 2.45) is 5.92 Å². The average molecular weight is 298 g/mol. The van der Waals surface area contributed by atoms with E-state index in [4.69, 9.17) is 21.1 Å². The quantitative estimate of drug-likeness (QED) is 0.802. The van der Waals surface area contributed by atoms with Gasteiger partial charge in [-0.25, -0.2) is 0 Å². The molecular formula is C15H20ClNO3. The van der Waals surface area contributed by atoms with Crippen molar-refractivity contribution in [1.29, 1.82) is 0 Å². The van der Waals surface area contributed by atoms with Crippen molar-refractivity contribution in [1.82, 2.24) is 4.90 Å².